The summed E-state index contributed by atoms with van der Waals surface area (Å²) in [6.07, 6.45) is 1.85. The number of carbonyl (C=O) groups excluding carboxylic acids is 1. The molecule has 0 bridgehead atoms. The third kappa shape index (κ3) is 3.11. The Kier molecular flexibility index (Phi) is 4.63. The molecular weight excluding hydrogens is 386 g/mol. The van der Waals surface area contributed by atoms with Crippen molar-refractivity contribution in [1.82, 2.24) is 4.57 Å². The highest BCUT2D eigenvalue weighted by atomic mass is 79.9. The van der Waals surface area contributed by atoms with Gasteiger partial charge in [0.15, 0.2) is 0 Å². The lowest BCUT2D eigenvalue weighted by molar-refractivity contribution is 0.101. The maximum atomic E-state index is 12.3. The lowest BCUT2D eigenvalue weighted by Crippen LogP contribution is -2.17. The third-order valence-corrected chi connectivity index (χ3v) is 3.71. The Labute approximate surface area is 133 Å². The van der Waals surface area contributed by atoms with E-state index in [9.17, 15) is 4.79 Å². The first-order valence-corrected chi connectivity index (χ1v) is 7.50. The maximum Gasteiger partial charge on any atom is 0.272 e. The van der Waals surface area contributed by atoms with Crippen LogP contribution in [0.25, 0.3) is 0 Å². The molecule has 0 saturated carbocycles. The summed E-state index contributed by atoms with van der Waals surface area (Å²) in [7, 11) is 0. The molecule has 0 aliphatic heterocycles. The van der Waals surface area contributed by atoms with Crippen molar-refractivity contribution in [3.8, 4) is 6.07 Å². The van der Waals surface area contributed by atoms with E-state index in [0.717, 1.165) is 8.95 Å². The molecule has 0 atom stereocenters. The molecule has 0 fully saturated rings. The molecule has 1 N–H and O–H groups in total. The van der Waals surface area contributed by atoms with E-state index in [0.29, 0.717) is 23.5 Å². The number of rotatable bonds is 3. The molecule has 0 saturated heterocycles. The lowest BCUT2D eigenvalue weighted by atomic mass is 10.2. The SMILES string of the molecule is CCn1cc(Br)cc1C(=O)Nc1ccc(Br)cc1C#N. The van der Waals surface area contributed by atoms with Crippen molar-refractivity contribution in [1.29, 1.82) is 5.26 Å². The number of halogens is 2. The van der Waals surface area contributed by atoms with Crippen LogP contribution in [0.4, 0.5) is 5.69 Å². The summed E-state index contributed by atoms with van der Waals surface area (Å²) >= 11 is 6.66. The largest absolute Gasteiger partial charge is 0.343 e. The van der Waals surface area contributed by atoms with Crippen LogP contribution in [0.5, 0.6) is 0 Å². The van der Waals surface area contributed by atoms with Gasteiger partial charge < -0.3 is 9.88 Å². The Hall–Kier alpha value is -1.58. The van der Waals surface area contributed by atoms with E-state index in [4.69, 9.17) is 5.26 Å². The third-order valence-electron chi connectivity index (χ3n) is 2.79. The van der Waals surface area contributed by atoms with Gasteiger partial charge in [0.1, 0.15) is 11.8 Å². The van der Waals surface area contributed by atoms with Gasteiger partial charge >= 0.3 is 0 Å². The van der Waals surface area contributed by atoms with Crippen LogP contribution in [0.1, 0.15) is 23.0 Å². The topological polar surface area (TPSA) is 57.8 Å². The number of anilines is 1. The predicted molar refractivity (Wildman–Crippen MR) is 84.6 cm³/mol. The van der Waals surface area contributed by atoms with Crippen LogP contribution in [0.2, 0.25) is 0 Å². The molecule has 0 radical (unpaired) electrons. The molecule has 4 nitrogen and oxygen atoms in total. The molecule has 6 heteroatoms. The second kappa shape index (κ2) is 6.25. The summed E-state index contributed by atoms with van der Waals surface area (Å²) in [5, 5.41) is 11.9. The molecule has 1 heterocycles. The first-order chi connectivity index (χ1) is 9.55. The second-order valence-electron chi connectivity index (χ2n) is 4.09. The molecule has 2 rings (SSSR count). The van der Waals surface area contributed by atoms with Crippen molar-refractivity contribution < 1.29 is 4.79 Å². The highest BCUT2D eigenvalue weighted by molar-refractivity contribution is 9.10. The average molecular weight is 397 g/mol. The molecule has 1 aromatic carbocycles. The number of hydrogen-bond acceptors (Lipinski definition) is 2. The van der Waals surface area contributed by atoms with E-state index in [1.807, 2.05) is 17.7 Å². The number of amides is 1. The van der Waals surface area contributed by atoms with Crippen molar-refractivity contribution in [3.63, 3.8) is 0 Å². The summed E-state index contributed by atoms with van der Waals surface area (Å²) in [4.78, 5) is 12.3. The Morgan fingerprint density at radius 1 is 1.35 bits per heavy atom. The number of carbonyl (C=O) groups is 1. The maximum absolute atomic E-state index is 12.3. The zero-order valence-corrected chi connectivity index (χ0v) is 13.8. The first kappa shape index (κ1) is 14.8. The quantitative estimate of drug-likeness (QED) is 0.846. The molecule has 0 aliphatic rings. The molecule has 0 spiro atoms. The Bertz CT molecular complexity index is 701. The minimum atomic E-state index is -0.239. The van der Waals surface area contributed by atoms with Gasteiger partial charge in [0.2, 0.25) is 0 Å². The van der Waals surface area contributed by atoms with Gasteiger partial charge in [0, 0.05) is 21.7 Å². The van der Waals surface area contributed by atoms with Crippen LogP contribution in [-0.4, -0.2) is 10.5 Å². The molecule has 102 valence electrons. The predicted octanol–water partition coefficient (Wildman–Crippen LogP) is 4.16. The minimum Gasteiger partial charge on any atom is -0.343 e. The number of nitrogens with zero attached hydrogens (tertiary/aromatic N) is 2. The van der Waals surface area contributed by atoms with Crippen LogP contribution < -0.4 is 5.32 Å². The van der Waals surface area contributed by atoms with Gasteiger partial charge in [-0.3, -0.25) is 4.79 Å². The minimum absolute atomic E-state index is 0.239. The van der Waals surface area contributed by atoms with Gasteiger partial charge in [-0.15, -0.1) is 0 Å². The van der Waals surface area contributed by atoms with Crippen molar-refractivity contribution in [2.75, 3.05) is 5.32 Å². The van der Waals surface area contributed by atoms with Crippen LogP contribution in [0, 0.1) is 11.3 Å². The molecule has 1 aromatic heterocycles. The fourth-order valence-corrected chi connectivity index (χ4v) is 2.66. The van der Waals surface area contributed by atoms with Gasteiger partial charge in [0.05, 0.1) is 11.3 Å². The molecule has 0 unspecified atom stereocenters. The van der Waals surface area contributed by atoms with E-state index in [1.54, 1.807) is 24.3 Å². The van der Waals surface area contributed by atoms with Gasteiger partial charge in [-0.1, -0.05) is 15.9 Å². The first-order valence-electron chi connectivity index (χ1n) is 5.91. The van der Waals surface area contributed by atoms with Crippen molar-refractivity contribution >= 4 is 43.5 Å². The number of nitriles is 1. The Morgan fingerprint density at radius 3 is 2.75 bits per heavy atom. The van der Waals surface area contributed by atoms with Gasteiger partial charge in [-0.05, 0) is 47.1 Å². The standard InChI is InChI=1S/C14H11Br2N3O/c1-2-19-8-11(16)6-13(19)14(20)18-12-4-3-10(15)5-9(12)7-17/h3-6,8H,2H2,1H3,(H,18,20). The number of aromatic nitrogens is 1. The summed E-state index contributed by atoms with van der Waals surface area (Å²) in [5.74, 6) is -0.239. The number of aryl methyl sites for hydroxylation is 1. The average Bonchev–Trinajstić information content (AvgIpc) is 2.82. The zero-order chi connectivity index (χ0) is 14.7. The van der Waals surface area contributed by atoms with Crippen molar-refractivity contribution in [3.05, 3.63) is 50.7 Å². The smallest absolute Gasteiger partial charge is 0.272 e. The number of nitrogens with one attached hydrogen (secondary N) is 1. The van der Waals surface area contributed by atoms with E-state index >= 15 is 0 Å². The molecular formula is C14H11Br2N3O. The Balaban J connectivity index is 2.30. The zero-order valence-electron chi connectivity index (χ0n) is 10.7. The van der Waals surface area contributed by atoms with Gasteiger partial charge in [-0.2, -0.15) is 5.26 Å². The van der Waals surface area contributed by atoms with E-state index in [1.165, 1.54) is 0 Å². The summed E-state index contributed by atoms with van der Waals surface area (Å²) in [5.41, 5.74) is 1.47. The lowest BCUT2D eigenvalue weighted by Gasteiger charge is -2.09. The highest BCUT2D eigenvalue weighted by Gasteiger charge is 2.14. The highest BCUT2D eigenvalue weighted by Crippen LogP contribution is 2.22. The molecule has 2 aromatic rings. The molecule has 20 heavy (non-hydrogen) atoms. The van der Waals surface area contributed by atoms with E-state index in [2.05, 4.69) is 43.2 Å². The van der Waals surface area contributed by atoms with Crippen LogP contribution >= 0.6 is 31.9 Å². The summed E-state index contributed by atoms with van der Waals surface area (Å²) < 4.78 is 3.48. The van der Waals surface area contributed by atoms with Crippen LogP contribution in [0.3, 0.4) is 0 Å². The van der Waals surface area contributed by atoms with E-state index in [-0.39, 0.29) is 5.91 Å². The summed E-state index contributed by atoms with van der Waals surface area (Å²) in [6.45, 7) is 2.66. The van der Waals surface area contributed by atoms with Crippen molar-refractivity contribution in [2.24, 2.45) is 0 Å². The van der Waals surface area contributed by atoms with Gasteiger partial charge in [0.25, 0.3) is 5.91 Å². The normalized spacial score (nSPS) is 10.1. The van der Waals surface area contributed by atoms with Crippen LogP contribution in [0.15, 0.2) is 39.4 Å². The summed E-state index contributed by atoms with van der Waals surface area (Å²) in [6, 6.07) is 8.98. The number of benzene rings is 1. The fourth-order valence-electron chi connectivity index (χ4n) is 1.83. The second-order valence-corrected chi connectivity index (χ2v) is 5.92. The van der Waals surface area contributed by atoms with E-state index < -0.39 is 0 Å². The fraction of sp³-hybridized carbons (Fsp3) is 0.143. The van der Waals surface area contributed by atoms with Crippen LogP contribution in [-0.2, 0) is 6.54 Å². The number of hydrogen-bond donors (Lipinski definition) is 1. The molecule has 1 amide bonds. The molecule has 0 aliphatic carbocycles. The van der Waals surface area contributed by atoms with Crippen molar-refractivity contribution in [2.45, 2.75) is 13.5 Å². The monoisotopic (exact) mass is 395 g/mol. The van der Waals surface area contributed by atoms with Gasteiger partial charge in [-0.25, -0.2) is 0 Å². The Morgan fingerprint density at radius 2 is 2.10 bits per heavy atom.